The van der Waals surface area contributed by atoms with Crippen molar-refractivity contribution in [3.05, 3.63) is 29.1 Å². The summed E-state index contributed by atoms with van der Waals surface area (Å²) in [7, 11) is 0. The van der Waals surface area contributed by atoms with E-state index in [1.54, 1.807) is 0 Å². The fourth-order valence-corrected chi connectivity index (χ4v) is 2.58. The molecule has 0 spiro atoms. The van der Waals surface area contributed by atoms with Gasteiger partial charge in [-0.15, -0.1) is 0 Å². The Morgan fingerprint density at radius 1 is 1.28 bits per heavy atom. The van der Waals surface area contributed by atoms with Crippen molar-refractivity contribution in [2.75, 3.05) is 6.54 Å². The van der Waals surface area contributed by atoms with Gasteiger partial charge in [0, 0.05) is 18.0 Å². The topological polar surface area (TPSA) is 21.3 Å². The van der Waals surface area contributed by atoms with E-state index in [0.717, 1.165) is 12.6 Å². The number of benzene rings is 1. The van der Waals surface area contributed by atoms with Crippen LogP contribution in [0.2, 0.25) is 0 Å². The van der Waals surface area contributed by atoms with E-state index in [9.17, 15) is 17.6 Å². The Labute approximate surface area is 101 Å². The van der Waals surface area contributed by atoms with Crippen LogP contribution in [0.3, 0.4) is 0 Å². The average molecular weight is 261 g/mol. The first-order chi connectivity index (χ1) is 8.47. The highest BCUT2D eigenvalue weighted by Crippen LogP contribution is 2.43. The Balaban J connectivity index is 2.10. The van der Waals surface area contributed by atoms with Gasteiger partial charge in [-0.05, 0) is 19.0 Å². The summed E-state index contributed by atoms with van der Waals surface area (Å²) >= 11 is 0. The van der Waals surface area contributed by atoms with E-state index in [4.69, 9.17) is 4.74 Å². The number of ether oxygens (including phenoxy) is 1. The maximum atomic E-state index is 13.9. The van der Waals surface area contributed by atoms with E-state index in [-0.39, 0.29) is 17.9 Å². The first-order valence-corrected chi connectivity index (χ1v) is 5.76. The van der Waals surface area contributed by atoms with Crippen LogP contribution in [0.1, 0.15) is 30.0 Å². The molecular weight excluding hydrogens is 250 g/mol. The van der Waals surface area contributed by atoms with Crippen LogP contribution in [0, 0.1) is 5.82 Å². The third-order valence-corrected chi connectivity index (χ3v) is 3.45. The van der Waals surface area contributed by atoms with Crippen molar-refractivity contribution < 1.29 is 22.3 Å². The number of rotatable bonds is 0. The molecule has 2 nitrogen and oxygen atoms in total. The molecule has 1 aromatic rings. The summed E-state index contributed by atoms with van der Waals surface area (Å²) in [6.07, 6.45) is -3.52. The second-order valence-electron chi connectivity index (χ2n) is 4.61. The number of halogens is 4. The second kappa shape index (κ2) is 3.85. The Morgan fingerprint density at radius 2 is 2.06 bits per heavy atom. The highest BCUT2D eigenvalue weighted by atomic mass is 19.4. The fourth-order valence-electron chi connectivity index (χ4n) is 2.58. The van der Waals surface area contributed by atoms with Gasteiger partial charge in [0.1, 0.15) is 6.10 Å². The number of alkyl halides is 3. The molecule has 1 saturated heterocycles. The van der Waals surface area contributed by atoms with E-state index in [0.29, 0.717) is 18.4 Å². The van der Waals surface area contributed by atoms with Crippen molar-refractivity contribution in [3.63, 3.8) is 0 Å². The molecule has 3 rings (SSSR count). The van der Waals surface area contributed by atoms with Crippen LogP contribution in [0.15, 0.2) is 12.1 Å². The summed E-state index contributed by atoms with van der Waals surface area (Å²) in [6, 6.07) is 1.98. The molecule has 0 aromatic heterocycles. The molecule has 98 valence electrons. The molecule has 18 heavy (non-hydrogen) atoms. The summed E-state index contributed by atoms with van der Waals surface area (Å²) in [6.45, 7) is 0.734. The minimum atomic E-state index is -4.69. The van der Waals surface area contributed by atoms with Gasteiger partial charge in [0.25, 0.3) is 0 Å². The highest BCUT2D eigenvalue weighted by molar-refractivity contribution is 5.44. The maximum absolute atomic E-state index is 13.9. The van der Waals surface area contributed by atoms with Crippen LogP contribution < -0.4 is 10.1 Å². The van der Waals surface area contributed by atoms with Gasteiger partial charge in [-0.1, -0.05) is 6.07 Å². The summed E-state index contributed by atoms with van der Waals surface area (Å²) in [4.78, 5) is 0. The van der Waals surface area contributed by atoms with Crippen molar-refractivity contribution in [1.82, 2.24) is 5.32 Å². The maximum Gasteiger partial charge on any atom is 0.419 e. The average Bonchev–Trinajstić information content (AvgIpc) is 2.29. The summed E-state index contributed by atoms with van der Waals surface area (Å²) in [5.41, 5.74) is -0.780. The van der Waals surface area contributed by atoms with Gasteiger partial charge in [0.2, 0.25) is 0 Å². The molecule has 2 bridgehead atoms. The molecule has 0 saturated carbocycles. The molecule has 0 amide bonds. The molecule has 1 fully saturated rings. The lowest BCUT2D eigenvalue weighted by Gasteiger charge is -2.37. The largest absolute Gasteiger partial charge is 0.487 e. The highest BCUT2D eigenvalue weighted by Gasteiger charge is 2.40. The minimum absolute atomic E-state index is 0.107. The first kappa shape index (κ1) is 11.8. The van der Waals surface area contributed by atoms with E-state index >= 15 is 0 Å². The standard InChI is InChI=1S/C12H11F4NO/c13-10-8(12(14,15)16)2-1-7-9-5-6(3-4-17-9)18-11(7)10/h1-2,6,9,17H,3-5H2/t6-,9+/m1/s1. The van der Waals surface area contributed by atoms with Crippen LogP contribution in [0.25, 0.3) is 0 Å². The SMILES string of the molecule is Fc1c(C(F)(F)F)ccc2c1O[C@@H]1CCN[C@H]2C1. The quantitative estimate of drug-likeness (QED) is 0.725. The van der Waals surface area contributed by atoms with Crippen LogP contribution in [-0.4, -0.2) is 12.6 Å². The first-order valence-electron chi connectivity index (χ1n) is 5.76. The van der Waals surface area contributed by atoms with E-state index in [1.165, 1.54) is 6.07 Å². The van der Waals surface area contributed by atoms with Crippen molar-refractivity contribution in [2.45, 2.75) is 31.2 Å². The van der Waals surface area contributed by atoms with Gasteiger partial charge in [0.05, 0.1) is 5.56 Å². The molecule has 2 heterocycles. The monoisotopic (exact) mass is 261 g/mol. The van der Waals surface area contributed by atoms with Crippen molar-refractivity contribution >= 4 is 0 Å². The molecule has 6 heteroatoms. The molecule has 0 radical (unpaired) electrons. The van der Waals surface area contributed by atoms with E-state index < -0.39 is 17.6 Å². The summed E-state index contributed by atoms with van der Waals surface area (Å²) < 4.78 is 57.0. The van der Waals surface area contributed by atoms with Crippen LogP contribution in [-0.2, 0) is 6.18 Å². The Kier molecular flexibility index (Phi) is 2.52. The molecule has 0 unspecified atom stereocenters. The number of piperidine rings is 1. The zero-order valence-electron chi connectivity index (χ0n) is 9.35. The van der Waals surface area contributed by atoms with Crippen LogP contribution in [0.5, 0.6) is 5.75 Å². The number of hydrogen-bond acceptors (Lipinski definition) is 2. The predicted molar refractivity (Wildman–Crippen MR) is 55.8 cm³/mol. The van der Waals surface area contributed by atoms with Crippen molar-refractivity contribution in [3.8, 4) is 5.75 Å². The molecule has 0 aliphatic carbocycles. The van der Waals surface area contributed by atoms with Crippen molar-refractivity contribution in [1.29, 1.82) is 0 Å². The Morgan fingerprint density at radius 3 is 2.78 bits per heavy atom. The molecular formula is C12H11F4NO. The van der Waals surface area contributed by atoms with Crippen LogP contribution in [0.4, 0.5) is 17.6 Å². The lowest BCUT2D eigenvalue weighted by Crippen LogP contribution is -2.41. The zero-order valence-corrected chi connectivity index (χ0v) is 9.35. The molecule has 2 aliphatic heterocycles. The van der Waals surface area contributed by atoms with Gasteiger partial charge in [0.15, 0.2) is 11.6 Å². The minimum Gasteiger partial charge on any atom is -0.487 e. The summed E-state index contributed by atoms with van der Waals surface area (Å²) in [5.74, 6) is -1.53. The van der Waals surface area contributed by atoms with Crippen LogP contribution >= 0.6 is 0 Å². The van der Waals surface area contributed by atoms with Gasteiger partial charge >= 0.3 is 6.18 Å². The van der Waals surface area contributed by atoms with Gasteiger partial charge < -0.3 is 10.1 Å². The third-order valence-electron chi connectivity index (χ3n) is 3.45. The zero-order chi connectivity index (χ0) is 12.9. The number of hydrogen-bond donors (Lipinski definition) is 1. The molecule has 2 aliphatic rings. The number of fused-ring (bicyclic) bond motifs is 4. The Bertz CT molecular complexity index is 486. The second-order valence-corrected chi connectivity index (χ2v) is 4.61. The van der Waals surface area contributed by atoms with Gasteiger partial charge in [-0.3, -0.25) is 0 Å². The third kappa shape index (κ3) is 1.75. The smallest absolute Gasteiger partial charge is 0.419 e. The number of nitrogens with one attached hydrogen (secondary N) is 1. The normalized spacial score (nSPS) is 26.4. The lowest BCUT2D eigenvalue weighted by atomic mass is 9.91. The van der Waals surface area contributed by atoms with Crippen molar-refractivity contribution in [2.24, 2.45) is 0 Å². The molecule has 1 aromatic carbocycles. The van der Waals surface area contributed by atoms with E-state index in [2.05, 4.69) is 5.32 Å². The molecule has 2 atom stereocenters. The molecule has 1 N–H and O–H groups in total. The van der Waals surface area contributed by atoms with Gasteiger partial charge in [-0.25, -0.2) is 4.39 Å². The van der Waals surface area contributed by atoms with E-state index in [1.807, 2.05) is 0 Å². The predicted octanol–water partition coefficient (Wildman–Crippen LogP) is 3.03. The lowest BCUT2D eigenvalue weighted by molar-refractivity contribution is -0.140. The Hall–Kier alpha value is -1.30. The summed E-state index contributed by atoms with van der Waals surface area (Å²) in [5, 5.41) is 3.16. The fraction of sp³-hybridized carbons (Fsp3) is 0.500. The van der Waals surface area contributed by atoms with Gasteiger partial charge in [-0.2, -0.15) is 13.2 Å².